The average Bonchev–Trinajstić information content (AvgIpc) is 3.62. The van der Waals surface area contributed by atoms with Crippen LogP contribution in [0, 0.1) is 0 Å². The van der Waals surface area contributed by atoms with E-state index in [1.54, 1.807) is 31.1 Å². The van der Waals surface area contributed by atoms with Gasteiger partial charge in [0, 0.05) is 34.5 Å². The number of rotatable bonds is 6. The minimum Gasteiger partial charge on any atom is -0.472 e. The first kappa shape index (κ1) is 21.7. The number of H-pyrrole nitrogens is 2. The molecule has 0 radical (unpaired) electrons. The van der Waals surface area contributed by atoms with E-state index in [2.05, 4.69) is 30.5 Å². The predicted octanol–water partition coefficient (Wildman–Crippen LogP) is 4.32. The monoisotopic (exact) mass is 478 g/mol. The number of anilines is 1. The maximum absolute atomic E-state index is 12.2. The number of fused-ring (bicyclic) bond motifs is 2. The lowest BCUT2D eigenvalue weighted by Gasteiger charge is -2.11. The van der Waals surface area contributed by atoms with Gasteiger partial charge in [0.25, 0.3) is 0 Å². The zero-order valence-corrected chi connectivity index (χ0v) is 19.6. The van der Waals surface area contributed by atoms with Crippen LogP contribution in [-0.4, -0.2) is 61.6 Å². The SMILES string of the molecule is CN(C)CC(=O)Nc1cncc(-c2ccc3[nH]nc(-c4nc5nccc(-c6ccoc6)c5[nH]4)c3c2)c1. The van der Waals surface area contributed by atoms with Gasteiger partial charge in [-0.2, -0.15) is 5.10 Å². The molecule has 0 aliphatic carbocycles. The lowest BCUT2D eigenvalue weighted by atomic mass is 10.0. The van der Waals surface area contributed by atoms with Crippen LogP contribution in [0.15, 0.2) is 71.9 Å². The van der Waals surface area contributed by atoms with E-state index in [-0.39, 0.29) is 5.91 Å². The van der Waals surface area contributed by atoms with Crippen LogP contribution in [0.3, 0.4) is 0 Å². The molecule has 5 heterocycles. The molecule has 6 rings (SSSR count). The normalized spacial score (nSPS) is 11.5. The Bertz CT molecular complexity index is 1700. The van der Waals surface area contributed by atoms with Gasteiger partial charge in [-0.15, -0.1) is 0 Å². The van der Waals surface area contributed by atoms with E-state index in [4.69, 9.17) is 9.40 Å². The second-order valence-corrected chi connectivity index (χ2v) is 8.74. The lowest BCUT2D eigenvalue weighted by molar-refractivity contribution is -0.116. The highest BCUT2D eigenvalue weighted by molar-refractivity contribution is 5.98. The number of hydrogen-bond acceptors (Lipinski definition) is 7. The van der Waals surface area contributed by atoms with Crippen LogP contribution in [0.1, 0.15) is 0 Å². The third-order valence-corrected chi connectivity index (χ3v) is 5.83. The predicted molar refractivity (Wildman–Crippen MR) is 137 cm³/mol. The molecular formula is C26H22N8O2. The van der Waals surface area contributed by atoms with Gasteiger partial charge in [0.15, 0.2) is 11.5 Å². The first-order valence-electron chi connectivity index (χ1n) is 11.3. The summed E-state index contributed by atoms with van der Waals surface area (Å²) in [6.45, 7) is 0.295. The van der Waals surface area contributed by atoms with Gasteiger partial charge in [0.2, 0.25) is 5.91 Å². The Morgan fingerprint density at radius 2 is 2.00 bits per heavy atom. The molecule has 10 heteroatoms. The highest BCUT2D eigenvalue weighted by Gasteiger charge is 2.17. The number of carbonyl (C=O) groups excluding carboxylic acids is 1. The van der Waals surface area contributed by atoms with Gasteiger partial charge in [-0.05, 0) is 50.0 Å². The van der Waals surface area contributed by atoms with E-state index >= 15 is 0 Å². The van der Waals surface area contributed by atoms with E-state index in [9.17, 15) is 4.79 Å². The third kappa shape index (κ3) is 3.99. The first-order valence-corrected chi connectivity index (χ1v) is 11.3. The number of aromatic amines is 2. The summed E-state index contributed by atoms with van der Waals surface area (Å²) in [5.74, 6) is 0.513. The highest BCUT2D eigenvalue weighted by Crippen LogP contribution is 2.33. The summed E-state index contributed by atoms with van der Waals surface area (Å²) >= 11 is 0. The van der Waals surface area contributed by atoms with Gasteiger partial charge < -0.3 is 19.6 Å². The van der Waals surface area contributed by atoms with Gasteiger partial charge in [-0.25, -0.2) is 9.97 Å². The molecule has 0 spiro atoms. The molecule has 178 valence electrons. The molecule has 0 saturated heterocycles. The van der Waals surface area contributed by atoms with Crippen molar-refractivity contribution < 1.29 is 9.21 Å². The highest BCUT2D eigenvalue weighted by atomic mass is 16.3. The summed E-state index contributed by atoms with van der Waals surface area (Å²) in [5.41, 5.74) is 7.32. The maximum Gasteiger partial charge on any atom is 0.238 e. The van der Waals surface area contributed by atoms with Gasteiger partial charge in [-0.3, -0.25) is 14.9 Å². The molecule has 1 amide bonds. The number of carbonyl (C=O) groups is 1. The standard InChI is InChI=1S/C26H22N8O2/c1-34(2)13-22(35)29-18-9-17(11-27-12-18)15-3-4-21-20(10-15)24(33-32-21)26-30-23-19(16-6-8-36-14-16)5-7-28-25(23)31-26/h3-12,14H,13H2,1-2H3,(H,29,35)(H,32,33)(H,28,30,31). The molecule has 0 atom stereocenters. The molecule has 3 N–H and O–H groups in total. The van der Waals surface area contributed by atoms with Crippen molar-refractivity contribution in [1.82, 2.24) is 35.0 Å². The number of likely N-dealkylation sites (N-methyl/N-ethyl adjacent to an activating group) is 1. The van der Waals surface area contributed by atoms with Crippen LogP contribution in [0.25, 0.3) is 55.8 Å². The van der Waals surface area contributed by atoms with Crippen molar-refractivity contribution >= 4 is 33.7 Å². The zero-order chi connectivity index (χ0) is 24.6. The first-order chi connectivity index (χ1) is 17.5. The van der Waals surface area contributed by atoms with E-state index in [0.717, 1.165) is 38.7 Å². The summed E-state index contributed by atoms with van der Waals surface area (Å²) in [6, 6.07) is 11.7. The largest absolute Gasteiger partial charge is 0.472 e. The van der Waals surface area contributed by atoms with Crippen molar-refractivity contribution in [1.29, 1.82) is 0 Å². The van der Waals surface area contributed by atoms with Crippen LogP contribution < -0.4 is 5.32 Å². The second kappa shape index (κ2) is 8.75. The fraction of sp³-hybridized carbons (Fsp3) is 0.115. The minimum atomic E-state index is -0.0974. The number of benzene rings is 1. The number of imidazole rings is 1. The molecule has 1 aromatic carbocycles. The molecular weight excluding hydrogens is 456 g/mol. The van der Waals surface area contributed by atoms with Crippen molar-refractivity contribution in [3.63, 3.8) is 0 Å². The number of nitrogens with zero attached hydrogens (tertiary/aromatic N) is 5. The molecule has 0 aliphatic heterocycles. The fourth-order valence-corrected chi connectivity index (χ4v) is 4.21. The van der Waals surface area contributed by atoms with Gasteiger partial charge in [0.1, 0.15) is 5.69 Å². The summed E-state index contributed by atoms with van der Waals surface area (Å²) in [4.78, 5) is 30.8. The number of nitrogens with one attached hydrogen (secondary N) is 3. The average molecular weight is 479 g/mol. The fourth-order valence-electron chi connectivity index (χ4n) is 4.21. The molecule has 36 heavy (non-hydrogen) atoms. The Labute approximate surface area is 205 Å². The lowest BCUT2D eigenvalue weighted by Crippen LogP contribution is -2.27. The summed E-state index contributed by atoms with van der Waals surface area (Å²) in [6.07, 6.45) is 8.46. The molecule has 0 bridgehead atoms. The molecule has 10 nitrogen and oxygen atoms in total. The molecule has 0 saturated carbocycles. The molecule has 0 aliphatic rings. The topological polar surface area (TPSA) is 129 Å². The van der Waals surface area contributed by atoms with Gasteiger partial charge in [0.05, 0.1) is 42.0 Å². The van der Waals surface area contributed by atoms with Crippen LogP contribution >= 0.6 is 0 Å². The van der Waals surface area contributed by atoms with Crippen molar-refractivity contribution in [2.75, 3.05) is 26.0 Å². The van der Waals surface area contributed by atoms with Crippen molar-refractivity contribution in [2.45, 2.75) is 0 Å². The Morgan fingerprint density at radius 3 is 2.83 bits per heavy atom. The Hall–Kier alpha value is -4.83. The van der Waals surface area contributed by atoms with Crippen molar-refractivity contribution in [3.05, 3.63) is 67.5 Å². The number of amides is 1. The maximum atomic E-state index is 12.2. The van der Waals surface area contributed by atoms with Crippen LogP contribution in [0.4, 0.5) is 5.69 Å². The van der Waals surface area contributed by atoms with Crippen LogP contribution in [-0.2, 0) is 4.79 Å². The van der Waals surface area contributed by atoms with E-state index in [1.165, 1.54) is 0 Å². The van der Waals surface area contributed by atoms with Crippen LogP contribution in [0.5, 0.6) is 0 Å². The zero-order valence-electron chi connectivity index (χ0n) is 19.6. The van der Waals surface area contributed by atoms with Gasteiger partial charge >= 0.3 is 0 Å². The number of aromatic nitrogens is 6. The van der Waals surface area contributed by atoms with Crippen LogP contribution in [0.2, 0.25) is 0 Å². The summed E-state index contributed by atoms with van der Waals surface area (Å²) < 4.78 is 5.25. The number of furan rings is 1. The third-order valence-electron chi connectivity index (χ3n) is 5.83. The molecule has 0 unspecified atom stereocenters. The van der Waals surface area contributed by atoms with E-state index in [1.807, 2.05) is 55.4 Å². The Morgan fingerprint density at radius 1 is 1.08 bits per heavy atom. The number of hydrogen-bond donors (Lipinski definition) is 3. The summed E-state index contributed by atoms with van der Waals surface area (Å²) in [5, 5.41) is 11.4. The molecule has 0 fully saturated rings. The Balaban J connectivity index is 1.38. The second-order valence-electron chi connectivity index (χ2n) is 8.74. The number of pyridine rings is 2. The van der Waals surface area contributed by atoms with Crippen molar-refractivity contribution in [2.24, 2.45) is 0 Å². The van der Waals surface area contributed by atoms with Gasteiger partial charge in [-0.1, -0.05) is 6.07 Å². The Kier molecular flexibility index (Phi) is 5.27. The summed E-state index contributed by atoms with van der Waals surface area (Å²) in [7, 11) is 3.70. The molecule has 6 aromatic rings. The smallest absolute Gasteiger partial charge is 0.238 e. The van der Waals surface area contributed by atoms with E-state index in [0.29, 0.717) is 29.4 Å². The molecule has 5 aromatic heterocycles. The minimum absolute atomic E-state index is 0.0974. The quantitative estimate of drug-likeness (QED) is 0.325. The van der Waals surface area contributed by atoms with Crippen molar-refractivity contribution in [3.8, 4) is 33.8 Å². The van der Waals surface area contributed by atoms with E-state index < -0.39 is 0 Å².